The molecule has 0 aliphatic rings. The molecule has 0 bridgehead atoms. The van der Waals surface area contributed by atoms with Crippen LogP contribution in [0.3, 0.4) is 0 Å². The van der Waals surface area contributed by atoms with Gasteiger partial charge >= 0.3 is 0 Å². The highest BCUT2D eigenvalue weighted by Crippen LogP contribution is 2.27. The van der Waals surface area contributed by atoms with E-state index in [1.165, 1.54) is 12.1 Å². The van der Waals surface area contributed by atoms with Gasteiger partial charge < -0.3 is 10.1 Å². The number of pyridine rings is 1. The van der Waals surface area contributed by atoms with Crippen LogP contribution in [0.1, 0.15) is 31.0 Å². The first-order chi connectivity index (χ1) is 10.1. The average Bonchev–Trinajstić information content (AvgIpc) is 2.46. The average molecular weight is 309 g/mol. The molecule has 0 saturated carbocycles. The van der Waals surface area contributed by atoms with Gasteiger partial charge in [0.15, 0.2) is 0 Å². The van der Waals surface area contributed by atoms with Crippen molar-refractivity contribution in [2.24, 2.45) is 0 Å². The maximum absolute atomic E-state index is 13.5. The van der Waals surface area contributed by atoms with Crippen LogP contribution < -0.4 is 10.1 Å². The highest BCUT2D eigenvalue weighted by Gasteiger charge is 2.12. The van der Waals surface area contributed by atoms with E-state index in [9.17, 15) is 4.39 Å². The molecule has 0 radical (unpaired) electrons. The fourth-order valence-electron chi connectivity index (χ4n) is 2.08. The number of aromatic nitrogens is 1. The molecule has 0 amide bonds. The van der Waals surface area contributed by atoms with Gasteiger partial charge in [-0.3, -0.25) is 4.98 Å². The van der Waals surface area contributed by atoms with E-state index in [0.29, 0.717) is 10.8 Å². The van der Waals surface area contributed by atoms with Crippen molar-refractivity contribution in [1.82, 2.24) is 10.3 Å². The zero-order valence-corrected chi connectivity index (χ0v) is 12.8. The summed E-state index contributed by atoms with van der Waals surface area (Å²) >= 11 is 6.04. The monoisotopic (exact) mass is 308 g/mol. The molecule has 21 heavy (non-hydrogen) atoms. The Morgan fingerprint density at radius 3 is 2.90 bits per heavy atom. The van der Waals surface area contributed by atoms with Crippen LogP contribution >= 0.6 is 11.6 Å². The van der Waals surface area contributed by atoms with E-state index < -0.39 is 0 Å². The molecule has 0 aliphatic heterocycles. The quantitative estimate of drug-likeness (QED) is 0.871. The first kappa shape index (κ1) is 15.7. The Morgan fingerprint density at radius 1 is 1.38 bits per heavy atom. The third-order valence-corrected chi connectivity index (χ3v) is 3.53. The summed E-state index contributed by atoms with van der Waals surface area (Å²) in [6.45, 7) is 5.14. The van der Waals surface area contributed by atoms with Gasteiger partial charge in [0.25, 0.3) is 0 Å². The Labute approximate surface area is 129 Å². The SMILES string of the molecule is CCNC(C)c1ccc(F)cc1OCc1ccncc1Cl. The third-order valence-electron chi connectivity index (χ3n) is 3.19. The minimum absolute atomic E-state index is 0.0820. The molecule has 5 heteroatoms. The van der Waals surface area contributed by atoms with Gasteiger partial charge in [-0.25, -0.2) is 4.39 Å². The van der Waals surface area contributed by atoms with E-state index in [1.54, 1.807) is 24.5 Å². The second-order valence-corrected chi connectivity index (χ2v) is 5.12. The van der Waals surface area contributed by atoms with Gasteiger partial charge in [0, 0.05) is 35.6 Å². The number of halogens is 2. The van der Waals surface area contributed by atoms with Crippen molar-refractivity contribution in [2.75, 3.05) is 6.54 Å². The molecule has 0 spiro atoms. The molecule has 1 heterocycles. The van der Waals surface area contributed by atoms with Crippen LogP contribution in [0.5, 0.6) is 5.75 Å². The summed E-state index contributed by atoms with van der Waals surface area (Å²) in [4.78, 5) is 3.93. The fraction of sp³-hybridized carbons (Fsp3) is 0.312. The molecule has 1 atom stereocenters. The highest BCUT2D eigenvalue weighted by atomic mass is 35.5. The van der Waals surface area contributed by atoms with Crippen LogP contribution in [-0.4, -0.2) is 11.5 Å². The van der Waals surface area contributed by atoms with E-state index in [1.807, 2.05) is 13.8 Å². The predicted molar refractivity (Wildman–Crippen MR) is 82.1 cm³/mol. The molecule has 2 rings (SSSR count). The van der Waals surface area contributed by atoms with Crippen LogP contribution in [0.15, 0.2) is 36.7 Å². The first-order valence-corrected chi connectivity index (χ1v) is 7.23. The summed E-state index contributed by atoms with van der Waals surface area (Å²) in [5, 5.41) is 3.83. The van der Waals surface area contributed by atoms with E-state index >= 15 is 0 Å². The molecule has 112 valence electrons. The maximum atomic E-state index is 13.5. The number of nitrogens with zero attached hydrogens (tertiary/aromatic N) is 1. The molecule has 0 aliphatic carbocycles. The maximum Gasteiger partial charge on any atom is 0.127 e. The Kier molecular flexibility index (Phi) is 5.53. The van der Waals surface area contributed by atoms with Crippen molar-refractivity contribution in [1.29, 1.82) is 0 Å². The topological polar surface area (TPSA) is 34.1 Å². The number of rotatable bonds is 6. The van der Waals surface area contributed by atoms with E-state index in [4.69, 9.17) is 16.3 Å². The van der Waals surface area contributed by atoms with Crippen molar-refractivity contribution in [3.05, 3.63) is 58.6 Å². The van der Waals surface area contributed by atoms with Gasteiger partial charge in [0.05, 0.1) is 5.02 Å². The van der Waals surface area contributed by atoms with Crippen molar-refractivity contribution in [2.45, 2.75) is 26.5 Å². The lowest BCUT2D eigenvalue weighted by molar-refractivity contribution is 0.298. The van der Waals surface area contributed by atoms with Gasteiger partial charge in [-0.2, -0.15) is 0 Å². The molecule has 0 fully saturated rings. The summed E-state index contributed by atoms with van der Waals surface area (Å²) in [6.07, 6.45) is 3.21. The molecule has 1 aromatic carbocycles. The smallest absolute Gasteiger partial charge is 0.127 e. The normalized spacial score (nSPS) is 12.2. The third kappa shape index (κ3) is 4.16. The Balaban J connectivity index is 2.18. The summed E-state index contributed by atoms with van der Waals surface area (Å²) < 4.78 is 19.2. The Morgan fingerprint density at radius 2 is 2.19 bits per heavy atom. The van der Waals surface area contributed by atoms with E-state index in [0.717, 1.165) is 17.7 Å². The number of ether oxygens (including phenoxy) is 1. The van der Waals surface area contributed by atoms with Crippen molar-refractivity contribution < 1.29 is 9.13 Å². The lowest BCUT2D eigenvalue weighted by Crippen LogP contribution is -2.18. The van der Waals surface area contributed by atoms with Crippen molar-refractivity contribution in [3.63, 3.8) is 0 Å². The standard InChI is InChI=1S/C16H18ClFN2O/c1-3-20-11(2)14-5-4-13(18)8-16(14)21-10-12-6-7-19-9-15(12)17/h4-9,11,20H,3,10H2,1-2H3. The van der Waals surface area contributed by atoms with E-state index in [-0.39, 0.29) is 18.5 Å². The number of benzene rings is 1. The number of hydrogen-bond donors (Lipinski definition) is 1. The fourth-order valence-corrected chi connectivity index (χ4v) is 2.26. The van der Waals surface area contributed by atoms with Crippen LogP contribution in [0.4, 0.5) is 4.39 Å². The molecular weight excluding hydrogens is 291 g/mol. The van der Waals surface area contributed by atoms with Gasteiger partial charge in [0.2, 0.25) is 0 Å². The molecule has 2 aromatic rings. The molecule has 0 saturated heterocycles. The summed E-state index contributed by atoms with van der Waals surface area (Å²) in [5.74, 6) is 0.203. The summed E-state index contributed by atoms with van der Waals surface area (Å²) in [5.41, 5.74) is 1.74. The molecule has 1 N–H and O–H groups in total. The number of hydrogen-bond acceptors (Lipinski definition) is 3. The van der Waals surface area contributed by atoms with Crippen LogP contribution in [0, 0.1) is 5.82 Å². The molecule has 3 nitrogen and oxygen atoms in total. The molecule has 1 aromatic heterocycles. The minimum atomic E-state index is -0.321. The predicted octanol–water partition coefficient (Wildman–Crippen LogP) is 4.12. The molecular formula is C16H18ClFN2O. The largest absolute Gasteiger partial charge is 0.488 e. The van der Waals surface area contributed by atoms with Gasteiger partial charge in [0.1, 0.15) is 18.2 Å². The van der Waals surface area contributed by atoms with E-state index in [2.05, 4.69) is 10.3 Å². The zero-order valence-electron chi connectivity index (χ0n) is 12.1. The lowest BCUT2D eigenvalue weighted by atomic mass is 10.1. The van der Waals surface area contributed by atoms with Gasteiger partial charge in [-0.1, -0.05) is 24.6 Å². The van der Waals surface area contributed by atoms with Crippen molar-refractivity contribution in [3.8, 4) is 5.75 Å². The second-order valence-electron chi connectivity index (χ2n) is 4.72. The number of nitrogens with one attached hydrogen (secondary N) is 1. The zero-order chi connectivity index (χ0) is 15.2. The van der Waals surface area contributed by atoms with Crippen LogP contribution in [0.2, 0.25) is 5.02 Å². The highest BCUT2D eigenvalue weighted by molar-refractivity contribution is 6.31. The Bertz CT molecular complexity index is 607. The summed E-state index contributed by atoms with van der Waals surface area (Å²) in [6, 6.07) is 6.45. The van der Waals surface area contributed by atoms with Crippen molar-refractivity contribution >= 4 is 11.6 Å². The second kappa shape index (κ2) is 7.38. The van der Waals surface area contributed by atoms with Gasteiger partial charge in [-0.05, 0) is 25.6 Å². The molecule has 1 unspecified atom stereocenters. The van der Waals surface area contributed by atoms with Gasteiger partial charge in [-0.15, -0.1) is 0 Å². The summed E-state index contributed by atoms with van der Waals surface area (Å²) in [7, 11) is 0. The van der Waals surface area contributed by atoms with Crippen LogP contribution in [0.25, 0.3) is 0 Å². The lowest BCUT2D eigenvalue weighted by Gasteiger charge is -2.18. The Hall–Kier alpha value is -1.65. The minimum Gasteiger partial charge on any atom is -0.488 e. The van der Waals surface area contributed by atoms with Crippen LogP contribution in [-0.2, 0) is 6.61 Å². The first-order valence-electron chi connectivity index (χ1n) is 6.85.